The molecule has 1 saturated heterocycles. The minimum Gasteiger partial charge on any atom is -0.335 e. The quantitative estimate of drug-likeness (QED) is 0.693. The molecule has 1 atom stereocenters. The molecule has 7 heteroatoms. The van der Waals surface area contributed by atoms with Crippen LogP contribution in [0.3, 0.4) is 0 Å². The number of hydrogen-bond acceptors (Lipinski definition) is 3. The van der Waals surface area contributed by atoms with Gasteiger partial charge in [0, 0.05) is 22.4 Å². The second-order valence-corrected chi connectivity index (χ2v) is 9.60. The predicted octanol–water partition coefficient (Wildman–Crippen LogP) is 5.27. The first kappa shape index (κ1) is 21.1. The maximum absolute atomic E-state index is 15.2. The van der Waals surface area contributed by atoms with Crippen LogP contribution in [0.15, 0.2) is 47.6 Å². The van der Waals surface area contributed by atoms with Crippen LogP contribution >= 0.6 is 23.2 Å². The Morgan fingerprint density at radius 1 is 1.10 bits per heavy atom. The van der Waals surface area contributed by atoms with Gasteiger partial charge in [-0.1, -0.05) is 61.3 Å². The number of halogens is 3. The van der Waals surface area contributed by atoms with Crippen molar-refractivity contribution in [3.63, 3.8) is 0 Å². The normalized spacial score (nSPS) is 22.5. The van der Waals surface area contributed by atoms with Crippen molar-refractivity contribution in [2.45, 2.75) is 38.4 Å². The largest absolute Gasteiger partial charge is 0.335 e. The number of likely N-dealkylation sites (tertiary alicyclic amines) is 1. The van der Waals surface area contributed by atoms with Crippen molar-refractivity contribution >= 4 is 34.8 Å². The van der Waals surface area contributed by atoms with Crippen molar-refractivity contribution < 1.29 is 9.18 Å². The smallest absolute Gasteiger partial charge is 0.225 e. The predicted molar refractivity (Wildman–Crippen MR) is 119 cm³/mol. The first-order valence-corrected chi connectivity index (χ1v) is 10.7. The molecule has 1 amide bonds. The molecule has 4 rings (SSSR count). The van der Waals surface area contributed by atoms with Gasteiger partial charge in [0.2, 0.25) is 5.91 Å². The molecule has 0 spiro atoms. The highest BCUT2D eigenvalue weighted by atomic mass is 35.5. The molecule has 2 aromatic carbocycles. The molecule has 2 aromatic rings. The first-order chi connectivity index (χ1) is 14.1. The average Bonchev–Trinajstić information content (AvgIpc) is 3.08. The van der Waals surface area contributed by atoms with Crippen LogP contribution in [0, 0.1) is 5.92 Å². The van der Waals surface area contributed by atoms with Gasteiger partial charge in [-0.3, -0.25) is 10.2 Å². The number of nitrogens with one attached hydrogen (secondary N) is 1. The molecular weight excluding hydrogens is 424 g/mol. The summed E-state index contributed by atoms with van der Waals surface area (Å²) in [5, 5.41) is 5.67. The van der Waals surface area contributed by atoms with Crippen LogP contribution in [0.4, 0.5) is 4.39 Å². The Bertz CT molecular complexity index is 995. The zero-order valence-corrected chi connectivity index (χ0v) is 18.7. The lowest BCUT2D eigenvalue weighted by atomic mass is 9.84. The third-order valence-electron chi connectivity index (χ3n) is 5.88. The van der Waals surface area contributed by atoms with E-state index in [1.54, 1.807) is 23.1 Å². The molecule has 1 N–H and O–H groups in total. The van der Waals surface area contributed by atoms with Crippen LogP contribution in [0.1, 0.15) is 43.9 Å². The number of hydrazone groups is 1. The topological polar surface area (TPSA) is 44.7 Å². The van der Waals surface area contributed by atoms with Gasteiger partial charge in [-0.15, -0.1) is 0 Å². The van der Waals surface area contributed by atoms with Crippen LogP contribution in [0.5, 0.6) is 0 Å². The fourth-order valence-electron chi connectivity index (χ4n) is 4.03. The maximum atomic E-state index is 15.2. The van der Waals surface area contributed by atoms with E-state index in [1.807, 2.05) is 45.0 Å². The molecule has 0 aliphatic carbocycles. The van der Waals surface area contributed by atoms with E-state index in [2.05, 4.69) is 10.5 Å². The number of carbonyl (C=O) groups is 1. The molecule has 0 saturated carbocycles. The number of benzene rings is 2. The Balaban J connectivity index is 1.46. The van der Waals surface area contributed by atoms with Gasteiger partial charge in [-0.2, -0.15) is 5.10 Å². The zero-order chi connectivity index (χ0) is 21.7. The summed E-state index contributed by atoms with van der Waals surface area (Å²) in [6.07, 6.45) is 0.653. The molecular formula is C23H24Cl2FN3O. The zero-order valence-electron chi connectivity index (χ0n) is 17.2. The van der Waals surface area contributed by atoms with Crippen LogP contribution in [0.2, 0.25) is 10.0 Å². The second kappa shape index (κ2) is 7.54. The van der Waals surface area contributed by atoms with Crippen LogP contribution in [0.25, 0.3) is 0 Å². The van der Waals surface area contributed by atoms with Gasteiger partial charge >= 0.3 is 0 Å². The number of hydrogen-bond donors (Lipinski definition) is 1. The molecule has 30 heavy (non-hydrogen) atoms. The number of rotatable bonds is 4. The first-order valence-electron chi connectivity index (χ1n) is 9.99. The average molecular weight is 448 g/mol. The highest BCUT2D eigenvalue weighted by Gasteiger charge is 2.47. The van der Waals surface area contributed by atoms with E-state index in [0.29, 0.717) is 22.0 Å². The summed E-state index contributed by atoms with van der Waals surface area (Å²) in [5.74, 6) is -0.125. The summed E-state index contributed by atoms with van der Waals surface area (Å²) in [7, 11) is 0. The number of nitrogens with zero attached hydrogens (tertiary/aromatic N) is 2. The second-order valence-electron chi connectivity index (χ2n) is 8.73. The Labute approximate surface area is 186 Å². The minimum absolute atomic E-state index is 0.00770. The summed E-state index contributed by atoms with van der Waals surface area (Å²) in [6.45, 7) is 5.93. The summed E-state index contributed by atoms with van der Waals surface area (Å²) in [6, 6.07) is 12.8. The molecule has 1 unspecified atom stereocenters. The lowest BCUT2D eigenvalue weighted by Crippen LogP contribution is -2.59. The van der Waals surface area contributed by atoms with Gasteiger partial charge in [0.15, 0.2) is 5.67 Å². The molecule has 2 aliphatic heterocycles. The molecule has 2 heterocycles. The van der Waals surface area contributed by atoms with Gasteiger partial charge in [-0.25, -0.2) is 4.39 Å². The van der Waals surface area contributed by atoms with Crippen molar-refractivity contribution in [1.29, 1.82) is 0 Å². The molecule has 0 radical (unpaired) electrons. The highest BCUT2D eigenvalue weighted by molar-refractivity contribution is 6.34. The van der Waals surface area contributed by atoms with E-state index < -0.39 is 11.2 Å². The SMILES string of the molecule is CC(C)C(=O)N1CC(F)(c2ccc(C3=NNC(C)(c4cc(Cl)cc(Cl)c4)C3)cc2)C1. The highest BCUT2D eigenvalue weighted by Crippen LogP contribution is 2.38. The van der Waals surface area contributed by atoms with E-state index in [4.69, 9.17) is 23.2 Å². The van der Waals surface area contributed by atoms with Crippen molar-refractivity contribution in [2.75, 3.05) is 13.1 Å². The summed E-state index contributed by atoms with van der Waals surface area (Å²) >= 11 is 12.3. The van der Waals surface area contributed by atoms with Crippen molar-refractivity contribution in [1.82, 2.24) is 10.3 Å². The number of amides is 1. The summed E-state index contributed by atoms with van der Waals surface area (Å²) in [5.41, 5.74) is 4.67. The van der Waals surface area contributed by atoms with Gasteiger partial charge in [0.25, 0.3) is 0 Å². The van der Waals surface area contributed by atoms with Gasteiger partial charge < -0.3 is 4.90 Å². The van der Waals surface area contributed by atoms with Crippen molar-refractivity contribution in [3.8, 4) is 0 Å². The van der Waals surface area contributed by atoms with Crippen LogP contribution in [-0.4, -0.2) is 29.6 Å². The molecule has 158 valence electrons. The van der Waals surface area contributed by atoms with E-state index in [0.717, 1.165) is 16.8 Å². The van der Waals surface area contributed by atoms with Gasteiger partial charge in [-0.05, 0) is 41.8 Å². The maximum Gasteiger partial charge on any atom is 0.225 e. The monoisotopic (exact) mass is 447 g/mol. The Morgan fingerprint density at radius 2 is 1.70 bits per heavy atom. The van der Waals surface area contributed by atoms with Gasteiger partial charge in [0.05, 0.1) is 24.3 Å². The van der Waals surface area contributed by atoms with E-state index in [1.165, 1.54) is 0 Å². The molecule has 4 nitrogen and oxygen atoms in total. The Hall–Kier alpha value is -2.11. The fraction of sp³-hybridized carbons (Fsp3) is 0.391. The number of alkyl halides is 1. The van der Waals surface area contributed by atoms with Gasteiger partial charge in [0.1, 0.15) is 0 Å². The van der Waals surface area contributed by atoms with E-state index in [9.17, 15) is 4.79 Å². The summed E-state index contributed by atoms with van der Waals surface area (Å²) in [4.78, 5) is 13.6. The minimum atomic E-state index is -1.48. The van der Waals surface area contributed by atoms with Crippen molar-refractivity contribution in [3.05, 3.63) is 69.2 Å². The standard InChI is InChI=1S/C23H24Cl2FN3O/c1-14(2)21(30)29-12-23(26,13-29)16-6-4-15(5-7-16)20-11-22(3,28-27-20)17-8-18(24)10-19(25)9-17/h4-10,14,28H,11-13H2,1-3H3. The third kappa shape index (κ3) is 3.81. The van der Waals surface area contributed by atoms with Crippen LogP contribution in [-0.2, 0) is 16.0 Å². The molecule has 0 bridgehead atoms. The van der Waals surface area contributed by atoms with E-state index in [-0.39, 0.29) is 24.9 Å². The number of carbonyl (C=O) groups excluding carboxylic acids is 1. The Kier molecular flexibility index (Phi) is 5.31. The molecule has 1 fully saturated rings. The van der Waals surface area contributed by atoms with Crippen LogP contribution < -0.4 is 5.43 Å². The van der Waals surface area contributed by atoms with E-state index >= 15 is 4.39 Å². The van der Waals surface area contributed by atoms with Crippen molar-refractivity contribution in [2.24, 2.45) is 11.0 Å². The third-order valence-corrected chi connectivity index (χ3v) is 6.32. The summed E-state index contributed by atoms with van der Waals surface area (Å²) < 4.78 is 15.2. The lowest BCUT2D eigenvalue weighted by molar-refractivity contribution is -0.149. The molecule has 2 aliphatic rings. The molecule has 0 aromatic heterocycles. The fourth-order valence-corrected chi connectivity index (χ4v) is 4.56. The Morgan fingerprint density at radius 3 is 2.27 bits per heavy atom. The lowest BCUT2D eigenvalue weighted by Gasteiger charge is -2.45.